The summed E-state index contributed by atoms with van der Waals surface area (Å²) in [5.74, 6) is 1.58. The second-order valence-electron chi connectivity index (χ2n) is 3.84. The van der Waals surface area contributed by atoms with Gasteiger partial charge in [-0.05, 0) is 41.1 Å². The molecule has 0 saturated carbocycles. The summed E-state index contributed by atoms with van der Waals surface area (Å²) in [4.78, 5) is 10.0. The predicted octanol–water partition coefficient (Wildman–Crippen LogP) is 3.30. The number of rotatable bonds is 4. The van der Waals surface area contributed by atoms with E-state index in [4.69, 9.17) is 5.73 Å². The van der Waals surface area contributed by atoms with Crippen molar-refractivity contribution in [3.05, 3.63) is 52.0 Å². The van der Waals surface area contributed by atoms with Crippen LogP contribution in [0.15, 0.2) is 39.7 Å². The molecule has 2 aromatic rings. The fourth-order valence-corrected chi connectivity index (χ4v) is 3.00. The normalized spacial score (nSPS) is 10.6. The Morgan fingerprint density at radius 1 is 1.28 bits per heavy atom. The van der Waals surface area contributed by atoms with E-state index < -0.39 is 0 Å². The Balaban J connectivity index is 2.11. The van der Waals surface area contributed by atoms with Gasteiger partial charge in [0.1, 0.15) is 5.82 Å². The number of halogens is 1. The van der Waals surface area contributed by atoms with E-state index in [1.807, 2.05) is 31.2 Å². The van der Waals surface area contributed by atoms with Crippen molar-refractivity contribution in [1.82, 2.24) is 9.97 Å². The van der Waals surface area contributed by atoms with Crippen LogP contribution in [0.1, 0.15) is 17.2 Å². The third-order valence-electron chi connectivity index (χ3n) is 2.36. The zero-order valence-electron chi connectivity index (χ0n) is 10.1. The first-order valence-electron chi connectivity index (χ1n) is 5.60. The second-order valence-corrected chi connectivity index (χ2v) is 5.71. The zero-order chi connectivity index (χ0) is 13.0. The molecule has 94 valence electrons. The van der Waals surface area contributed by atoms with Crippen LogP contribution in [-0.4, -0.2) is 9.97 Å². The molecular weight excluding hydrogens is 310 g/mol. The number of aryl methyl sites for hydroxylation is 1. The number of aromatic nitrogens is 2. The van der Waals surface area contributed by atoms with Gasteiger partial charge in [-0.15, -0.1) is 11.8 Å². The van der Waals surface area contributed by atoms with Crippen molar-refractivity contribution in [1.29, 1.82) is 0 Å². The minimum atomic E-state index is 0.454. The summed E-state index contributed by atoms with van der Waals surface area (Å²) in [5.41, 5.74) is 7.47. The number of benzene rings is 1. The van der Waals surface area contributed by atoms with Crippen LogP contribution >= 0.6 is 27.7 Å². The van der Waals surface area contributed by atoms with Crippen LogP contribution in [-0.2, 0) is 12.3 Å². The van der Waals surface area contributed by atoms with Crippen molar-refractivity contribution in [2.45, 2.75) is 24.1 Å². The molecule has 1 heterocycles. The predicted molar refractivity (Wildman–Crippen MR) is 78.4 cm³/mol. The molecule has 1 aromatic heterocycles. The van der Waals surface area contributed by atoms with Crippen molar-refractivity contribution in [3.8, 4) is 0 Å². The van der Waals surface area contributed by atoms with Crippen LogP contribution in [0.5, 0.6) is 0 Å². The Bertz CT molecular complexity index is 546. The molecule has 0 fully saturated rings. The smallest absolute Gasteiger partial charge is 0.139 e. The summed E-state index contributed by atoms with van der Waals surface area (Å²) in [6, 6.07) is 10.1. The van der Waals surface area contributed by atoms with Gasteiger partial charge in [-0.2, -0.15) is 0 Å². The van der Waals surface area contributed by atoms with E-state index in [1.54, 1.807) is 11.8 Å². The van der Waals surface area contributed by atoms with E-state index in [2.05, 4.69) is 32.0 Å². The maximum Gasteiger partial charge on any atom is 0.139 e. The van der Waals surface area contributed by atoms with E-state index in [0.29, 0.717) is 6.54 Å². The molecule has 0 bridgehead atoms. The molecule has 0 aliphatic rings. The number of nitrogens with zero attached hydrogens (tertiary/aromatic N) is 2. The minimum absolute atomic E-state index is 0.454. The van der Waals surface area contributed by atoms with E-state index in [-0.39, 0.29) is 0 Å². The van der Waals surface area contributed by atoms with Gasteiger partial charge in [0.05, 0.1) is 11.4 Å². The van der Waals surface area contributed by atoms with E-state index in [0.717, 1.165) is 27.4 Å². The van der Waals surface area contributed by atoms with Crippen molar-refractivity contribution in [2.24, 2.45) is 5.73 Å². The van der Waals surface area contributed by atoms with Gasteiger partial charge in [-0.1, -0.05) is 12.1 Å². The van der Waals surface area contributed by atoms with Crippen LogP contribution in [0, 0.1) is 6.92 Å². The third-order valence-corrected chi connectivity index (χ3v) is 4.38. The molecule has 2 N–H and O–H groups in total. The molecule has 5 heteroatoms. The topological polar surface area (TPSA) is 51.8 Å². The lowest BCUT2D eigenvalue weighted by Crippen LogP contribution is -2.05. The first-order valence-corrected chi connectivity index (χ1v) is 7.37. The highest BCUT2D eigenvalue weighted by molar-refractivity contribution is 9.10. The summed E-state index contributed by atoms with van der Waals surface area (Å²) in [5, 5.41) is 0. The molecule has 3 nitrogen and oxygen atoms in total. The van der Waals surface area contributed by atoms with E-state index in [1.165, 1.54) is 4.90 Å². The van der Waals surface area contributed by atoms with Crippen LogP contribution in [0.3, 0.4) is 0 Å². The molecular formula is C13H14BrN3S. The van der Waals surface area contributed by atoms with Crippen molar-refractivity contribution >= 4 is 27.7 Å². The molecule has 0 amide bonds. The lowest BCUT2D eigenvalue weighted by molar-refractivity contribution is 0.900. The molecule has 18 heavy (non-hydrogen) atoms. The Kier molecular flexibility index (Phi) is 4.74. The monoisotopic (exact) mass is 323 g/mol. The molecule has 1 aromatic carbocycles. The number of thioether (sulfide) groups is 1. The van der Waals surface area contributed by atoms with Crippen LogP contribution < -0.4 is 5.73 Å². The van der Waals surface area contributed by atoms with Gasteiger partial charge >= 0.3 is 0 Å². The molecule has 0 aliphatic heterocycles. The molecule has 2 rings (SSSR count). The lowest BCUT2D eigenvalue weighted by Gasteiger charge is -2.05. The van der Waals surface area contributed by atoms with Gasteiger partial charge in [0.15, 0.2) is 0 Å². The summed E-state index contributed by atoms with van der Waals surface area (Å²) in [7, 11) is 0. The van der Waals surface area contributed by atoms with Gasteiger partial charge < -0.3 is 5.73 Å². The lowest BCUT2D eigenvalue weighted by atomic mass is 10.3. The molecule has 0 unspecified atom stereocenters. The molecule has 0 saturated heterocycles. The Labute approximate surface area is 119 Å². The highest BCUT2D eigenvalue weighted by atomic mass is 79.9. The van der Waals surface area contributed by atoms with Crippen LogP contribution in [0.2, 0.25) is 0 Å². The van der Waals surface area contributed by atoms with Crippen molar-refractivity contribution in [3.63, 3.8) is 0 Å². The largest absolute Gasteiger partial charge is 0.325 e. The van der Waals surface area contributed by atoms with Crippen LogP contribution in [0.4, 0.5) is 0 Å². The van der Waals surface area contributed by atoms with Gasteiger partial charge in [-0.25, -0.2) is 9.97 Å². The van der Waals surface area contributed by atoms with Gasteiger partial charge in [0, 0.05) is 21.6 Å². The SMILES string of the molecule is Cc1cc(CN)nc(CSc2ccccc2Br)n1. The Morgan fingerprint density at radius 3 is 2.78 bits per heavy atom. The van der Waals surface area contributed by atoms with E-state index in [9.17, 15) is 0 Å². The number of nitrogens with two attached hydrogens (primary N) is 1. The first-order chi connectivity index (χ1) is 8.69. The van der Waals surface area contributed by atoms with E-state index >= 15 is 0 Å². The van der Waals surface area contributed by atoms with Crippen molar-refractivity contribution < 1.29 is 0 Å². The second kappa shape index (κ2) is 6.31. The maximum atomic E-state index is 5.61. The Morgan fingerprint density at radius 2 is 2.06 bits per heavy atom. The standard InChI is InChI=1S/C13H14BrN3S/c1-9-6-10(7-15)17-13(16-9)8-18-12-5-3-2-4-11(12)14/h2-6H,7-8,15H2,1H3. The maximum absolute atomic E-state index is 5.61. The van der Waals surface area contributed by atoms with Crippen LogP contribution in [0.25, 0.3) is 0 Å². The minimum Gasteiger partial charge on any atom is -0.325 e. The average molecular weight is 324 g/mol. The number of hydrogen-bond donors (Lipinski definition) is 1. The summed E-state index contributed by atoms with van der Waals surface area (Å²) in [6.45, 7) is 2.42. The quantitative estimate of drug-likeness (QED) is 0.877. The summed E-state index contributed by atoms with van der Waals surface area (Å²) < 4.78 is 1.10. The van der Waals surface area contributed by atoms with Gasteiger partial charge in [0.25, 0.3) is 0 Å². The molecule has 0 radical (unpaired) electrons. The van der Waals surface area contributed by atoms with Gasteiger partial charge in [-0.3, -0.25) is 0 Å². The summed E-state index contributed by atoms with van der Waals surface area (Å²) >= 11 is 5.25. The molecule has 0 atom stereocenters. The molecule has 0 aliphatic carbocycles. The highest BCUT2D eigenvalue weighted by Crippen LogP contribution is 2.28. The molecule has 0 spiro atoms. The Hall–Kier alpha value is -0.910. The van der Waals surface area contributed by atoms with Crippen molar-refractivity contribution in [2.75, 3.05) is 0 Å². The highest BCUT2D eigenvalue weighted by Gasteiger charge is 2.04. The first kappa shape index (κ1) is 13.5. The fourth-order valence-electron chi connectivity index (χ4n) is 1.57. The fraction of sp³-hybridized carbons (Fsp3) is 0.231. The zero-order valence-corrected chi connectivity index (χ0v) is 12.5. The summed E-state index contributed by atoms with van der Waals surface area (Å²) in [6.07, 6.45) is 0. The average Bonchev–Trinajstić information content (AvgIpc) is 2.37. The van der Waals surface area contributed by atoms with Gasteiger partial charge in [0.2, 0.25) is 0 Å². The third kappa shape index (κ3) is 3.54. The number of hydrogen-bond acceptors (Lipinski definition) is 4.